The first-order valence-electron chi connectivity index (χ1n) is 6.76. The zero-order valence-electron chi connectivity index (χ0n) is 12.5. The second kappa shape index (κ2) is 7.43. The van der Waals surface area contributed by atoms with Crippen LogP contribution in [0.15, 0.2) is 37.1 Å². The van der Waals surface area contributed by atoms with E-state index in [-0.39, 0.29) is 5.82 Å². The molecule has 0 N–H and O–H groups in total. The summed E-state index contributed by atoms with van der Waals surface area (Å²) in [6, 6.07) is 5.14. The molecule has 0 aliphatic carbocycles. The molecular weight excluding hydrogens is 251 g/mol. The van der Waals surface area contributed by atoms with Crippen molar-refractivity contribution in [2.45, 2.75) is 27.7 Å². The normalized spacial score (nSPS) is 10.2. The Morgan fingerprint density at radius 1 is 1.30 bits per heavy atom. The van der Waals surface area contributed by atoms with E-state index < -0.39 is 0 Å². The molecule has 106 valence electrons. The molecular formula is C17H21FN2. The van der Waals surface area contributed by atoms with E-state index >= 15 is 0 Å². The fraction of sp³-hybridized carbons (Fsp3) is 0.235. The molecule has 1 aromatic heterocycles. The number of imidazole rings is 1. The Balaban J connectivity index is 0.000000956. The number of benzene rings is 1. The number of halogens is 1. The van der Waals surface area contributed by atoms with E-state index in [0.717, 1.165) is 5.56 Å². The van der Waals surface area contributed by atoms with Crippen LogP contribution in [0.25, 0.3) is 23.5 Å². The van der Waals surface area contributed by atoms with Gasteiger partial charge in [0.05, 0.1) is 5.69 Å². The van der Waals surface area contributed by atoms with Crippen molar-refractivity contribution in [2.75, 3.05) is 0 Å². The Labute approximate surface area is 120 Å². The molecule has 20 heavy (non-hydrogen) atoms. The van der Waals surface area contributed by atoms with Gasteiger partial charge in [0.2, 0.25) is 0 Å². The first kappa shape index (κ1) is 15.9. The van der Waals surface area contributed by atoms with Gasteiger partial charge < -0.3 is 4.57 Å². The number of hydrogen-bond acceptors (Lipinski definition) is 1. The Bertz CT molecular complexity index is 609. The zero-order valence-corrected chi connectivity index (χ0v) is 12.5. The number of rotatable bonds is 3. The molecule has 0 bridgehead atoms. The molecule has 0 saturated carbocycles. The third kappa shape index (κ3) is 3.44. The maximum atomic E-state index is 13.9. The third-order valence-electron chi connectivity index (χ3n) is 2.65. The van der Waals surface area contributed by atoms with E-state index in [1.807, 2.05) is 50.6 Å². The highest BCUT2D eigenvalue weighted by molar-refractivity contribution is 5.63. The number of hydrogen-bond donors (Lipinski definition) is 0. The lowest BCUT2D eigenvalue weighted by atomic mass is 10.1. The molecule has 0 aliphatic heterocycles. The highest BCUT2D eigenvalue weighted by Crippen LogP contribution is 2.23. The molecule has 2 aromatic rings. The van der Waals surface area contributed by atoms with Crippen LogP contribution in [0, 0.1) is 12.7 Å². The van der Waals surface area contributed by atoms with E-state index in [4.69, 9.17) is 0 Å². The van der Waals surface area contributed by atoms with E-state index in [0.29, 0.717) is 17.1 Å². The summed E-state index contributed by atoms with van der Waals surface area (Å²) in [5.41, 5.74) is 2.01. The molecule has 0 amide bonds. The van der Waals surface area contributed by atoms with E-state index in [2.05, 4.69) is 11.6 Å². The fourth-order valence-electron chi connectivity index (χ4n) is 1.80. The standard InChI is InChI=1S/C15H15FN2.C2H6/c1-4-8-18-10-14(17-15(18)5-2)12-7-6-11(3)9-13(12)16;1-2/h4-10H,2H2,1,3H3;1-2H3/b8-4-;. The van der Waals surface area contributed by atoms with Crippen LogP contribution >= 0.6 is 0 Å². The minimum Gasteiger partial charge on any atom is -0.307 e. The van der Waals surface area contributed by atoms with Crippen LogP contribution in [-0.2, 0) is 0 Å². The molecule has 0 unspecified atom stereocenters. The van der Waals surface area contributed by atoms with Crippen molar-refractivity contribution in [3.63, 3.8) is 0 Å². The first-order chi connectivity index (χ1) is 9.65. The average molecular weight is 272 g/mol. The molecule has 0 aliphatic rings. The molecule has 1 heterocycles. The van der Waals surface area contributed by atoms with Gasteiger partial charge in [-0.15, -0.1) is 0 Å². The van der Waals surface area contributed by atoms with Gasteiger partial charge in [-0.05, 0) is 37.6 Å². The van der Waals surface area contributed by atoms with Gasteiger partial charge in [0.1, 0.15) is 11.6 Å². The predicted octanol–water partition coefficient (Wildman–Crippen LogP) is 5.16. The minimum atomic E-state index is -0.254. The Hall–Kier alpha value is -2.16. The van der Waals surface area contributed by atoms with E-state index in [9.17, 15) is 4.39 Å². The Kier molecular flexibility index (Phi) is 5.91. The predicted molar refractivity (Wildman–Crippen MR) is 84.8 cm³/mol. The number of nitrogens with zero attached hydrogens (tertiary/aromatic N) is 2. The van der Waals surface area contributed by atoms with Crippen molar-refractivity contribution in [1.29, 1.82) is 0 Å². The topological polar surface area (TPSA) is 17.8 Å². The summed E-state index contributed by atoms with van der Waals surface area (Å²) in [6.45, 7) is 11.5. The maximum absolute atomic E-state index is 13.9. The molecule has 2 nitrogen and oxygen atoms in total. The lowest BCUT2D eigenvalue weighted by molar-refractivity contribution is 0.629. The van der Waals surface area contributed by atoms with Gasteiger partial charge >= 0.3 is 0 Å². The lowest BCUT2D eigenvalue weighted by Crippen LogP contribution is -1.86. The van der Waals surface area contributed by atoms with Gasteiger partial charge in [-0.25, -0.2) is 9.37 Å². The minimum absolute atomic E-state index is 0.254. The van der Waals surface area contributed by atoms with Crippen molar-refractivity contribution >= 4 is 12.3 Å². The Morgan fingerprint density at radius 2 is 2.00 bits per heavy atom. The van der Waals surface area contributed by atoms with Crippen LogP contribution in [0.3, 0.4) is 0 Å². The average Bonchev–Trinajstić information content (AvgIpc) is 2.84. The summed E-state index contributed by atoms with van der Waals surface area (Å²) < 4.78 is 15.7. The molecule has 0 atom stereocenters. The molecule has 0 spiro atoms. The summed E-state index contributed by atoms with van der Waals surface area (Å²) in [5, 5.41) is 0. The van der Waals surface area contributed by atoms with E-state index in [1.54, 1.807) is 18.3 Å². The quantitative estimate of drug-likeness (QED) is 0.754. The zero-order chi connectivity index (χ0) is 15.1. The molecule has 2 rings (SSSR count). The van der Waals surface area contributed by atoms with Gasteiger partial charge in [0, 0.05) is 18.0 Å². The van der Waals surface area contributed by atoms with Gasteiger partial charge in [-0.2, -0.15) is 0 Å². The SMILES string of the molecule is C=Cc1nc(-c2ccc(C)cc2F)cn1/C=C\C.CC. The molecule has 0 saturated heterocycles. The number of aryl methyl sites for hydroxylation is 1. The summed E-state index contributed by atoms with van der Waals surface area (Å²) in [6.07, 6.45) is 7.20. The molecule has 1 aromatic carbocycles. The van der Waals surface area contributed by atoms with Gasteiger partial charge in [-0.3, -0.25) is 0 Å². The summed E-state index contributed by atoms with van der Waals surface area (Å²) in [4.78, 5) is 4.36. The van der Waals surface area contributed by atoms with Crippen molar-refractivity contribution < 1.29 is 4.39 Å². The van der Waals surface area contributed by atoms with Crippen LogP contribution in [0.4, 0.5) is 4.39 Å². The molecule has 0 radical (unpaired) electrons. The van der Waals surface area contributed by atoms with Crippen LogP contribution in [0.2, 0.25) is 0 Å². The summed E-state index contributed by atoms with van der Waals surface area (Å²) in [5.74, 6) is 0.443. The van der Waals surface area contributed by atoms with Crippen molar-refractivity contribution in [1.82, 2.24) is 9.55 Å². The highest BCUT2D eigenvalue weighted by atomic mass is 19.1. The van der Waals surface area contributed by atoms with Crippen LogP contribution < -0.4 is 0 Å². The monoisotopic (exact) mass is 272 g/mol. The summed E-state index contributed by atoms with van der Waals surface area (Å²) >= 11 is 0. The van der Waals surface area contributed by atoms with Crippen LogP contribution in [-0.4, -0.2) is 9.55 Å². The largest absolute Gasteiger partial charge is 0.307 e. The summed E-state index contributed by atoms with van der Waals surface area (Å²) in [7, 11) is 0. The van der Waals surface area contributed by atoms with Crippen LogP contribution in [0.1, 0.15) is 32.2 Å². The van der Waals surface area contributed by atoms with Gasteiger partial charge in [-0.1, -0.05) is 32.6 Å². The lowest BCUT2D eigenvalue weighted by Gasteiger charge is -2.00. The van der Waals surface area contributed by atoms with Gasteiger partial charge in [0.25, 0.3) is 0 Å². The number of allylic oxidation sites excluding steroid dienone is 1. The number of aromatic nitrogens is 2. The highest BCUT2D eigenvalue weighted by Gasteiger charge is 2.10. The molecule has 0 fully saturated rings. The first-order valence-corrected chi connectivity index (χ1v) is 6.76. The second-order valence-corrected chi connectivity index (χ2v) is 4.06. The smallest absolute Gasteiger partial charge is 0.136 e. The molecule has 3 heteroatoms. The van der Waals surface area contributed by atoms with Gasteiger partial charge in [0.15, 0.2) is 0 Å². The van der Waals surface area contributed by atoms with E-state index in [1.165, 1.54) is 6.07 Å². The fourth-order valence-corrected chi connectivity index (χ4v) is 1.80. The van der Waals surface area contributed by atoms with Crippen molar-refractivity contribution in [3.05, 3.63) is 54.3 Å². The maximum Gasteiger partial charge on any atom is 0.136 e. The Morgan fingerprint density at radius 3 is 2.55 bits per heavy atom. The van der Waals surface area contributed by atoms with Crippen LogP contribution in [0.5, 0.6) is 0 Å². The van der Waals surface area contributed by atoms with Crippen molar-refractivity contribution in [3.8, 4) is 11.3 Å². The second-order valence-electron chi connectivity index (χ2n) is 4.06. The third-order valence-corrected chi connectivity index (χ3v) is 2.65. The van der Waals surface area contributed by atoms with Crippen molar-refractivity contribution in [2.24, 2.45) is 0 Å².